The zero-order valence-corrected chi connectivity index (χ0v) is 10.7. The van der Waals surface area contributed by atoms with E-state index in [9.17, 15) is 0 Å². The molecule has 2 rings (SSSR count). The van der Waals surface area contributed by atoms with Gasteiger partial charge in [-0.1, -0.05) is 40.6 Å². The maximum Gasteiger partial charge on any atom is 0.235 e. The third-order valence-electron chi connectivity index (χ3n) is 1.81. The Morgan fingerprint density at radius 2 is 1.94 bits per heavy atom. The van der Waals surface area contributed by atoms with E-state index in [1.54, 1.807) is 18.2 Å². The first-order valence-corrected chi connectivity index (χ1v) is 6.02. The van der Waals surface area contributed by atoms with Gasteiger partial charge in [0, 0.05) is 5.56 Å². The molecule has 0 aliphatic heterocycles. The Balaban J connectivity index is 2.37. The smallest absolute Gasteiger partial charge is 0.235 e. The van der Waals surface area contributed by atoms with E-state index in [0.29, 0.717) is 20.2 Å². The van der Waals surface area contributed by atoms with E-state index >= 15 is 0 Å². The van der Waals surface area contributed by atoms with Gasteiger partial charge in [-0.05, 0) is 12.1 Å². The molecular weight excluding hydrogens is 281 g/mol. The van der Waals surface area contributed by atoms with Gasteiger partial charge in [0.1, 0.15) is 5.01 Å². The lowest BCUT2D eigenvalue weighted by Crippen LogP contribution is -2.21. The Kier molecular flexibility index (Phi) is 3.46. The van der Waals surface area contributed by atoms with Crippen molar-refractivity contribution in [2.45, 2.75) is 0 Å². The number of rotatable bonds is 2. The van der Waals surface area contributed by atoms with Crippen molar-refractivity contribution in [3.05, 3.63) is 28.2 Å². The number of hydrogen-bond acceptors (Lipinski definition) is 4. The van der Waals surface area contributed by atoms with Gasteiger partial charge in [0.25, 0.3) is 0 Å². The van der Waals surface area contributed by atoms with Gasteiger partial charge in [0.05, 0.1) is 10.0 Å². The van der Waals surface area contributed by atoms with Crippen molar-refractivity contribution in [1.29, 1.82) is 0 Å². The average molecular weight is 288 g/mol. The SMILES string of the molecule is NC(N)=Nc1nnc(-c2ccc(Cl)c(Cl)c2)s1. The Morgan fingerprint density at radius 1 is 1.18 bits per heavy atom. The van der Waals surface area contributed by atoms with Gasteiger partial charge in [0.15, 0.2) is 5.96 Å². The monoisotopic (exact) mass is 287 g/mol. The Bertz CT molecular complexity index is 577. The number of nitrogens with zero attached hydrogens (tertiary/aromatic N) is 3. The molecule has 2 aromatic rings. The molecule has 0 atom stereocenters. The number of guanidine groups is 1. The maximum atomic E-state index is 5.91. The Morgan fingerprint density at radius 3 is 2.59 bits per heavy atom. The summed E-state index contributed by atoms with van der Waals surface area (Å²) in [5, 5.41) is 9.80. The number of benzene rings is 1. The van der Waals surface area contributed by atoms with Crippen LogP contribution >= 0.6 is 34.5 Å². The molecule has 0 unspecified atom stereocenters. The Hall–Kier alpha value is -1.37. The van der Waals surface area contributed by atoms with E-state index in [2.05, 4.69) is 15.2 Å². The molecule has 0 amide bonds. The zero-order valence-electron chi connectivity index (χ0n) is 8.39. The molecule has 0 fully saturated rings. The summed E-state index contributed by atoms with van der Waals surface area (Å²) >= 11 is 13.0. The molecule has 0 aliphatic carbocycles. The lowest BCUT2D eigenvalue weighted by Gasteiger charge is -1.97. The van der Waals surface area contributed by atoms with Gasteiger partial charge in [-0.2, -0.15) is 4.99 Å². The normalized spacial score (nSPS) is 10.2. The van der Waals surface area contributed by atoms with Crippen LogP contribution in [0.1, 0.15) is 0 Å². The molecule has 0 spiro atoms. The van der Waals surface area contributed by atoms with Crippen LogP contribution < -0.4 is 11.5 Å². The number of nitrogens with two attached hydrogens (primary N) is 2. The van der Waals surface area contributed by atoms with Crippen LogP contribution in [0.2, 0.25) is 10.0 Å². The van der Waals surface area contributed by atoms with Gasteiger partial charge >= 0.3 is 0 Å². The summed E-state index contributed by atoms with van der Waals surface area (Å²) < 4.78 is 0. The molecule has 0 aliphatic rings. The molecule has 0 bridgehead atoms. The maximum absolute atomic E-state index is 5.91. The van der Waals surface area contributed by atoms with Crippen molar-refractivity contribution in [1.82, 2.24) is 10.2 Å². The van der Waals surface area contributed by atoms with Crippen molar-refractivity contribution >= 4 is 45.6 Å². The summed E-state index contributed by atoms with van der Waals surface area (Å²) in [5.74, 6) is -0.0539. The summed E-state index contributed by atoms with van der Waals surface area (Å²) in [7, 11) is 0. The summed E-state index contributed by atoms with van der Waals surface area (Å²) in [6.07, 6.45) is 0. The van der Waals surface area contributed by atoms with E-state index in [4.69, 9.17) is 34.7 Å². The van der Waals surface area contributed by atoms with E-state index < -0.39 is 0 Å². The fourth-order valence-electron chi connectivity index (χ4n) is 1.12. The second kappa shape index (κ2) is 4.87. The van der Waals surface area contributed by atoms with Crippen LogP contribution in [0.3, 0.4) is 0 Å². The minimum atomic E-state index is -0.0539. The van der Waals surface area contributed by atoms with Crippen molar-refractivity contribution in [3.63, 3.8) is 0 Å². The van der Waals surface area contributed by atoms with Crippen molar-refractivity contribution in [3.8, 4) is 10.6 Å². The third kappa shape index (κ3) is 2.85. The molecule has 88 valence electrons. The number of halogens is 2. The summed E-state index contributed by atoms with van der Waals surface area (Å²) in [4.78, 5) is 3.80. The van der Waals surface area contributed by atoms with Crippen LogP contribution in [-0.2, 0) is 0 Å². The van der Waals surface area contributed by atoms with E-state index in [0.717, 1.165) is 5.56 Å². The van der Waals surface area contributed by atoms with Crippen molar-refractivity contribution < 1.29 is 0 Å². The van der Waals surface area contributed by atoms with Crippen LogP contribution in [0.4, 0.5) is 5.13 Å². The first-order valence-electron chi connectivity index (χ1n) is 4.45. The largest absolute Gasteiger partial charge is 0.370 e. The molecule has 0 saturated heterocycles. The molecule has 5 nitrogen and oxygen atoms in total. The lowest BCUT2D eigenvalue weighted by molar-refractivity contribution is 1.08. The molecule has 0 saturated carbocycles. The first-order chi connectivity index (χ1) is 8.06. The fraction of sp³-hybridized carbons (Fsp3) is 0. The molecule has 0 radical (unpaired) electrons. The van der Waals surface area contributed by atoms with E-state index in [1.165, 1.54) is 11.3 Å². The van der Waals surface area contributed by atoms with Gasteiger partial charge in [-0.15, -0.1) is 10.2 Å². The predicted octanol–water partition coefficient (Wildman–Crippen LogP) is 2.42. The highest BCUT2D eigenvalue weighted by Gasteiger charge is 2.08. The minimum Gasteiger partial charge on any atom is -0.370 e. The quantitative estimate of drug-likeness (QED) is 0.656. The van der Waals surface area contributed by atoms with Gasteiger partial charge in [-0.25, -0.2) is 0 Å². The van der Waals surface area contributed by atoms with Crippen LogP contribution in [0.5, 0.6) is 0 Å². The van der Waals surface area contributed by atoms with Gasteiger partial charge in [0.2, 0.25) is 5.13 Å². The minimum absolute atomic E-state index is 0.0539. The number of hydrogen-bond donors (Lipinski definition) is 2. The zero-order chi connectivity index (χ0) is 12.4. The number of aromatic nitrogens is 2. The molecule has 4 N–H and O–H groups in total. The first kappa shape index (κ1) is 12.1. The van der Waals surface area contributed by atoms with Crippen LogP contribution in [0, 0.1) is 0 Å². The molecule has 8 heteroatoms. The highest BCUT2D eigenvalue weighted by molar-refractivity contribution is 7.18. The summed E-state index contributed by atoms with van der Waals surface area (Å²) in [5.41, 5.74) is 11.3. The predicted molar refractivity (Wildman–Crippen MR) is 70.8 cm³/mol. The second-order valence-electron chi connectivity index (χ2n) is 3.06. The molecular formula is C9H7Cl2N5S. The molecule has 1 aromatic heterocycles. The van der Waals surface area contributed by atoms with Gasteiger partial charge < -0.3 is 11.5 Å². The lowest BCUT2D eigenvalue weighted by atomic mass is 10.2. The average Bonchev–Trinajstić information content (AvgIpc) is 2.69. The molecule has 1 aromatic carbocycles. The highest BCUT2D eigenvalue weighted by Crippen LogP contribution is 2.32. The van der Waals surface area contributed by atoms with Crippen molar-refractivity contribution in [2.75, 3.05) is 0 Å². The fourth-order valence-corrected chi connectivity index (χ4v) is 2.15. The third-order valence-corrected chi connectivity index (χ3v) is 3.41. The van der Waals surface area contributed by atoms with Crippen LogP contribution in [0.15, 0.2) is 23.2 Å². The van der Waals surface area contributed by atoms with Crippen LogP contribution in [0.25, 0.3) is 10.6 Å². The standard InChI is InChI=1S/C9H7Cl2N5S/c10-5-2-1-4(3-6(5)11)7-15-16-9(17-7)14-8(12)13/h1-3H,(H4,12,13,14,16). The van der Waals surface area contributed by atoms with E-state index in [-0.39, 0.29) is 5.96 Å². The van der Waals surface area contributed by atoms with E-state index in [1.807, 2.05) is 0 Å². The van der Waals surface area contributed by atoms with Crippen LogP contribution in [-0.4, -0.2) is 16.2 Å². The summed E-state index contributed by atoms with van der Waals surface area (Å²) in [6.45, 7) is 0. The highest BCUT2D eigenvalue weighted by atomic mass is 35.5. The topological polar surface area (TPSA) is 90.2 Å². The summed E-state index contributed by atoms with van der Waals surface area (Å²) in [6, 6.07) is 5.21. The number of aliphatic imine (C=N–C) groups is 1. The second-order valence-corrected chi connectivity index (χ2v) is 4.83. The van der Waals surface area contributed by atoms with Crippen molar-refractivity contribution in [2.24, 2.45) is 16.5 Å². The molecule has 1 heterocycles. The van der Waals surface area contributed by atoms with Gasteiger partial charge in [-0.3, -0.25) is 0 Å². The Labute approximate surface area is 111 Å². The molecule has 17 heavy (non-hydrogen) atoms.